The molecular weight excluding hydrogens is 194 g/mol. The second-order valence-electron chi connectivity index (χ2n) is 4.21. The van der Waals surface area contributed by atoms with Gasteiger partial charge in [-0.2, -0.15) is 0 Å². The molecule has 79 valence electrons. The number of benzene rings is 2. The van der Waals surface area contributed by atoms with E-state index < -0.39 is 0 Å². The Morgan fingerprint density at radius 1 is 1.06 bits per heavy atom. The van der Waals surface area contributed by atoms with E-state index in [9.17, 15) is 0 Å². The molecule has 0 atom stereocenters. The van der Waals surface area contributed by atoms with Crippen LogP contribution in [0.15, 0.2) is 42.5 Å². The van der Waals surface area contributed by atoms with Gasteiger partial charge in [0, 0.05) is 12.2 Å². The molecule has 0 fully saturated rings. The summed E-state index contributed by atoms with van der Waals surface area (Å²) in [6, 6.07) is 14.9. The van der Waals surface area contributed by atoms with Gasteiger partial charge in [-0.3, -0.25) is 0 Å². The van der Waals surface area contributed by atoms with E-state index in [0.717, 1.165) is 18.5 Å². The molecule has 0 aliphatic carbocycles. The normalized spacial score (nSPS) is 13.3. The third kappa shape index (κ3) is 1.49. The minimum atomic E-state index is 1.04. The monoisotopic (exact) mass is 208 g/mol. The Hall–Kier alpha value is -1.76. The van der Waals surface area contributed by atoms with Crippen molar-refractivity contribution in [2.45, 2.75) is 6.42 Å². The largest absolute Gasteiger partial charge is 0.384 e. The van der Waals surface area contributed by atoms with Gasteiger partial charge in [-0.1, -0.05) is 36.4 Å². The smallest absolute Gasteiger partial charge is 0.0382 e. The van der Waals surface area contributed by atoms with Crippen LogP contribution in [0.2, 0.25) is 0 Å². The van der Waals surface area contributed by atoms with Crippen LogP contribution in [0.4, 0.5) is 5.69 Å². The number of anilines is 1. The highest BCUT2D eigenvalue weighted by atomic mass is 14.9. The molecular formula is C15H14N. The number of hydrogen-bond donors (Lipinski definition) is 1. The highest BCUT2D eigenvalue weighted by Gasteiger charge is 2.15. The van der Waals surface area contributed by atoms with E-state index in [0.29, 0.717) is 0 Å². The Kier molecular flexibility index (Phi) is 2.17. The maximum Gasteiger partial charge on any atom is 0.0382 e. The average molecular weight is 208 g/mol. The van der Waals surface area contributed by atoms with E-state index in [1.54, 1.807) is 0 Å². The van der Waals surface area contributed by atoms with Gasteiger partial charge in [-0.05, 0) is 41.7 Å². The van der Waals surface area contributed by atoms with Gasteiger partial charge in [0.05, 0.1) is 0 Å². The van der Waals surface area contributed by atoms with Crippen LogP contribution < -0.4 is 5.32 Å². The molecule has 0 spiro atoms. The van der Waals surface area contributed by atoms with Gasteiger partial charge in [0.1, 0.15) is 0 Å². The SMILES string of the molecule is [CH2]c1cc2c(c(-c3ccccc3)c1)CCN2. The summed E-state index contributed by atoms with van der Waals surface area (Å²) in [6.07, 6.45) is 1.11. The van der Waals surface area contributed by atoms with Crippen molar-refractivity contribution in [2.75, 3.05) is 11.9 Å². The van der Waals surface area contributed by atoms with E-state index in [-0.39, 0.29) is 0 Å². The molecule has 1 radical (unpaired) electrons. The molecule has 1 aliphatic rings. The lowest BCUT2D eigenvalue weighted by atomic mass is 9.96. The van der Waals surface area contributed by atoms with Crippen molar-refractivity contribution in [3.05, 3.63) is 60.5 Å². The van der Waals surface area contributed by atoms with Crippen LogP contribution in [0.1, 0.15) is 11.1 Å². The van der Waals surface area contributed by atoms with Crippen LogP contribution in [0.5, 0.6) is 0 Å². The third-order valence-electron chi connectivity index (χ3n) is 3.08. The van der Waals surface area contributed by atoms with Crippen LogP contribution in [0.3, 0.4) is 0 Å². The summed E-state index contributed by atoms with van der Waals surface area (Å²) in [7, 11) is 0. The summed E-state index contributed by atoms with van der Waals surface area (Å²) in [4.78, 5) is 0. The van der Waals surface area contributed by atoms with Crippen LogP contribution in [-0.2, 0) is 6.42 Å². The van der Waals surface area contributed by atoms with Crippen molar-refractivity contribution in [3.63, 3.8) is 0 Å². The average Bonchev–Trinajstić information content (AvgIpc) is 2.77. The van der Waals surface area contributed by atoms with Crippen LogP contribution in [0.25, 0.3) is 11.1 Å². The highest BCUT2D eigenvalue weighted by Crippen LogP contribution is 2.34. The second kappa shape index (κ2) is 3.67. The fraction of sp³-hybridized carbons (Fsp3) is 0.133. The third-order valence-corrected chi connectivity index (χ3v) is 3.08. The quantitative estimate of drug-likeness (QED) is 0.756. The number of nitrogens with one attached hydrogen (secondary N) is 1. The zero-order valence-electron chi connectivity index (χ0n) is 9.16. The summed E-state index contributed by atoms with van der Waals surface area (Å²) < 4.78 is 0. The van der Waals surface area contributed by atoms with Crippen molar-refractivity contribution in [1.29, 1.82) is 0 Å². The molecule has 0 saturated carbocycles. The second-order valence-corrected chi connectivity index (χ2v) is 4.21. The highest BCUT2D eigenvalue weighted by molar-refractivity contribution is 5.77. The van der Waals surface area contributed by atoms with Gasteiger partial charge < -0.3 is 5.32 Å². The minimum Gasteiger partial charge on any atom is -0.384 e. The van der Waals surface area contributed by atoms with Crippen molar-refractivity contribution >= 4 is 5.69 Å². The first-order valence-corrected chi connectivity index (χ1v) is 5.63. The van der Waals surface area contributed by atoms with Gasteiger partial charge in [0.15, 0.2) is 0 Å². The van der Waals surface area contributed by atoms with Crippen molar-refractivity contribution in [1.82, 2.24) is 0 Å². The van der Waals surface area contributed by atoms with Crippen LogP contribution in [-0.4, -0.2) is 6.54 Å². The van der Waals surface area contributed by atoms with Crippen molar-refractivity contribution < 1.29 is 0 Å². The molecule has 1 aliphatic heterocycles. The fourth-order valence-electron chi connectivity index (χ4n) is 2.36. The van der Waals surface area contributed by atoms with E-state index in [1.165, 1.54) is 22.4 Å². The van der Waals surface area contributed by atoms with Crippen molar-refractivity contribution in [2.24, 2.45) is 0 Å². The molecule has 0 amide bonds. The lowest BCUT2D eigenvalue weighted by molar-refractivity contribution is 1.11. The maximum absolute atomic E-state index is 4.04. The molecule has 1 nitrogen and oxygen atoms in total. The first kappa shape index (κ1) is 9.46. The molecule has 16 heavy (non-hydrogen) atoms. The molecule has 0 aromatic heterocycles. The van der Waals surface area contributed by atoms with Gasteiger partial charge >= 0.3 is 0 Å². The Morgan fingerprint density at radius 3 is 2.69 bits per heavy atom. The topological polar surface area (TPSA) is 12.0 Å². The molecule has 0 unspecified atom stereocenters. The lowest BCUT2D eigenvalue weighted by Gasteiger charge is -2.09. The number of fused-ring (bicyclic) bond motifs is 1. The molecule has 1 N–H and O–H groups in total. The first-order chi connectivity index (χ1) is 7.84. The summed E-state index contributed by atoms with van der Waals surface area (Å²) in [5, 5.41) is 3.41. The predicted octanol–water partition coefficient (Wildman–Crippen LogP) is 3.50. The fourth-order valence-corrected chi connectivity index (χ4v) is 2.36. The minimum absolute atomic E-state index is 1.04. The van der Waals surface area contributed by atoms with Crippen LogP contribution >= 0.6 is 0 Å². The summed E-state index contributed by atoms with van der Waals surface area (Å²) >= 11 is 0. The summed E-state index contributed by atoms with van der Waals surface area (Å²) in [5.41, 5.74) is 6.37. The predicted molar refractivity (Wildman–Crippen MR) is 68.5 cm³/mol. The number of hydrogen-bond acceptors (Lipinski definition) is 1. The maximum atomic E-state index is 4.04. The van der Waals surface area contributed by atoms with Gasteiger partial charge in [-0.15, -0.1) is 0 Å². The molecule has 2 aromatic rings. The Bertz CT molecular complexity index is 514. The van der Waals surface area contributed by atoms with Gasteiger partial charge in [0.2, 0.25) is 0 Å². The molecule has 2 aromatic carbocycles. The molecule has 1 heterocycles. The van der Waals surface area contributed by atoms with Gasteiger partial charge in [0.25, 0.3) is 0 Å². The summed E-state index contributed by atoms with van der Waals surface area (Å²) in [6.45, 7) is 5.08. The zero-order valence-corrected chi connectivity index (χ0v) is 9.16. The lowest BCUT2D eigenvalue weighted by Crippen LogP contribution is -1.90. The molecule has 0 saturated heterocycles. The Labute approximate surface area is 96.1 Å². The van der Waals surface area contributed by atoms with E-state index in [1.807, 2.05) is 0 Å². The van der Waals surface area contributed by atoms with E-state index in [2.05, 4.69) is 54.7 Å². The number of rotatable bonds is 1. The Balaban J connectivity index is 2.21. The van der Waals surface area contributed by atoms with Crippen LogP contribution in [0, 0.1) is 6.92 Å². The van der Waals surface area contributed by atoms with E-state index in [4.69, 9.17) is 0 Å². The molecule has 0 bridgehead atoms. The standard InChI is InChI=1S/C15H14N/c1-11-9-14(12-5-3-2-4-6-12)13-7-8-16-15(13)10-11/h2-6,9-10,16H,1,7-8H2. The molecule has 3 rings (SSSR count). The zero-order chi connectivity index (χ0) is 11.0. The Morgan fingerprint density at radius 2 is 1.88 bits per heavy atom. The van der Waals surface area contributed by atoms with E-state index >= 15 is 0 Å². The van der Waals surface area contributed by atoms with Crippen molar-refractivity contribution in [3.8, 4) is 11.1 Å². The summed E-state index contributed by atoms with van der Waals surface area (Å²) in [5.74, 6) is 0. The molecule has 1 heteroatoms. The first-order valence-electron chi connectivity index (χ1n) is 5.63. The van der Waals surface area contributed by atoms with Gasteiger partial charge in [-0.25, -0.2) is 0 Å².